The van der Waals surface area contributed by atoms with E-state index in [4.69, 9.17) is 4.42 Å². The van der Waals surface area contributed by atoms with Crippen LogP contribution in [0.25, 0.3) is 0 Å². The molecule has 0 unspecified atom stereocenters. The molecule has 2 heterocycles. The molecule has 0 spiro atoms. The first-order valence-corrected chi connectivity index (χ1v) is 7.80. The van der Waals surface area contributed by atoms with E-state index in [1.165, 1.54) is 31.2 Å². The SMILES string of the molecule is CN(C)S(=O)(=O)c1cnn(Cc2ncc(C3CC3)o2)c1. The van der Waals surface area contributed by atoms with Crippen LogP contribution in [-0.4, -0.2) is 41.6 Å². The van der Waals surface area contributed by atoms with Gasteiger partial charge in [0.05, 0.1) is 12.4 Å². The van der Waals surface area contributed by atoms with Crippen LogP contribution < -0.4 is 0 Å². The van der Waals surface area contributed by atoms with Gasteiger partial charge in [-0.15, -0.1) is 0 Å². The summed E-state index contributed by atoms with van der Waals surface area (Å²) in [6.45, 7) is 0.329. The summed E-state index contributed by atoms with van der Waals surface area (Å²) in [5.41, 5.74) is 0. The minimum Gasteiger partial charge on any atom is -0.443 e. The van der Waals surface area contributed by atoms with Crippen LogP contribution in [0.15, 0.2) is 27.9 Å². The van der Waals surface area contributed by atoms with E-state index in [9.17, 15) is 8.42 Å². The molecule has 0 radical (unpaired) electrons. The molecule has 0 aromatic carbocycles. The van der Waals surface area contributed by atoms with Crippen molar-refractivity contribution < 1.29 is 12.8 Å². The Morgan fingerprint density at radius 2 is 2.15 bits per heavy atom. The minimum absolute atomic E-state index is 0.163. The zero-order chi connectivity index (χ0) is 14.3. The van der Waals surface area contributed by atoms with Crippen LogP contribution in [-0.2, 0) is 16.6 Å². The third kappa shape index (κ3) is 2.48. The Bertz CT molecular complexity index is 713. The van der Waals surface area contributed by atoms with Crippen molar-refractivity contribution in [3.05, 3.63) is 30.2 Å². The van der Waals surface area contributed by atoms with E-state index in [2.05, 4.69) is 10.1 Å². The van der Waals surface area contributed by atoms with E-state index >= 15 is 0 Å². The van der Waals surface area contributed by atoms with Crippen LogP contribution in [0.4, 0.5) is 0 Å². The number of hydrogen-bond donors (Lipinski definition) is 0. The van der Waals surface area contributed by atoms with E-state index in [-0.39, 0.29) is 4.90 Å². The van der Waals surface area contributed by atoms with Gasteiger partial charge in [0.2, 0.25) is 15.9 Å². The Balaban J connectivity index is 1.76. The number of rotatable bonds is 5. The highest BCUT2D eigenvalue weighted by Gasteiger charge is 2.27. The van der Waals surface area contributed by atoms with Crippen molar-refractivity contribution in [1.29, 1.82) is 0 Å². The van der Waals surface area contributed by atoms with Gasteiger partial charge >= 0.3 is 0 Å². The molecule has 7 nitrogen and oxygen atoms in total. The highest BCUT2D eigenvalue weighted by Crippen LogP contribution is 2.40. The first-order chi connectivity index (χ1) is 9.46. The summed E-state index contributed by atoms with van der Waals surface area (Å²) >= 11 is 0. The van der Waals surface area contributed by atoms with Gasteiger partial charge in [-0.3, -0.25) is 4.68 Å². The van der Waals surface area contributed by atoms with E-state index in [0.717, 1.165) is 22.9 Å². The monoisotopic (exact) mass is 296 g/mol. The predicted octanol–water partition coefficient (Wildman–Crippen LogP) is 1.05. The topological polar surface area (TPSA) is 81.2 Å². The molecule has 0 N–H and O–H groups in total. The maximum absolute atomic E-state index is 11.9. The lowest BCUT2D eigenvalue weighted by atomic mass is 10.3. The summed E-state index contributed by atoms with van der Waals surface area (Å²) in [5, 5.41) is 4.04. The summed E-state index contributed by atoms with van der Waals surface area (Å²) < 4.78 is 32.2. The van der Waals surface area contributed by atoms with Gasteiger partial charge in [0.25, 0.3) is 0 Å². The fraction of sp³-hybridized carbons (Fsp3) is 0.500. The summed E-state index contributed by atoms with van der Waals surface area (Å²) in [5.74, 6) is 1.97. The van der Waals surface area contributed by atoms with Crippen molar-refractivity contribution in [3.8, 4) is 0 Å². The third-order valence-corrected chi connectivity index (χ3v) is 5.00. The molecule has 0 aliphatic heterocycles. The van der Waals surface area contributed by atoms with Crippen molar-refractivity contribution in [3.63, 3.8) is 0 Å². The Morgan fingerprint density at radius 3 is 2.80 bits per heavy atom. The molecule has 20 heavy (non-hydrogen) atoms. The van der Waals surface area contributed by atoms with Crippen LogP contribution in [0.3, 0.4) is 0 Å². The molecular weight excluding hydrogens is 280 g/mol. The van der Waals surface area contributed by atoms with E-state index in [0.29, 0.717) is 18.4 Å². The quantitative estimate of drug-likeness (QED) is 0.823. The molecule has 8 heteroatoms. The number of nitrogens with zero attached hydrogens (tertiary/aromatic N) is 4. The molecule has 0 amide bonds. The standard InChI is InChI=1S/C12H16N4O3S/c1-15(2)20(17,18)10-5-14-16(7-10)8-12-13-6-11(19-12)9-3-4-9/h5-7,9H,3-4,8H2,1-2H3. The Labute approximate surface area is 117 Å². The molecule has 3 rings (SSSR count). The smallest absolute Gasteiger partial charge is 0.245 e. The average Bonchev–Trinajstić information content (AvgIpc) is 2.96. The van der Waals surface area contributed by atoms with E-state index in [1.54, 1.807) is 6.20 Å². The fourth-order valence-electron chi connectivity index (χ4n) is 1.87. The third-order valence-electron chi connectivity index (χ3n) is 3.24. The molecule has 1 aliphatic carbocycles. The largest absolute Gasteiger partial charge is 0.443 e. The zero-order valence-electron chi connectivity index (χ0n) is 11.4. The van der Waals surface area contributed by atoms with Crippen LogP contribution >= 0.6 is 0 Å². The molecule has 1 aliphatic rings. The molecule has 2 aromatic heterocycles. The number of sulfonamides is 1. The van der Waals surface area contributed by atoms with Crippen LogP contribution in [0.1, 0.15) is 30.4 Å². The maximum atomic E-state index is 11.9. The van der Waals surface area contributed by atoms with Gasteiger partial charge in [0.1, 0.15) is 17.2 Å². The molecular formula is C12H16N4O3S. The highest BCUT2D eigenvalue weighted by molar-refractivity contribution is 7.89. The normalized spacial score (nSPS) is 15.9. The van der Waals surface area contributed by atoms with Crippen LogP contribution in [0.2, 0.25) is 0 Å². The number of oxazole rings is 1. The van der Waals surface area contributed by atoms with Crippen LogP contribution in [0.5, 0.6) is 0 Å². The van der Waals surface area contributed by atoms with Crippen molar-refractivity contribution in [2.24, 2.45) is 0 Å². The molecule has 0 atom stereocenters. The molecule has 0 saturated heterocycles. The van der Waals surface area contributed by atoms with Gasteiger partial charge in [0, 0.05) is 26.2 Å². The minimum atomic E-state index is -3.45. The van der Waals surface area contributed by atoms with Crippen molar-refractivity contribution in [1.82, 2.24) is 19.1 Å². The van der Waals surface area contributed by atoms with Gasteiger partial charge in [-0.25, -0.2) is 17.7 Å². The highest BCUT2D eigenvalue weighted by atomic mass is 32.2. The molecule has 0 bridgehead atoms. The number of aromatic nitrogens is 3. The lowest BCUT2D eigenvalue weighted by molar-refractivity contribution is 0.434. The second kappa shape index (κ2) is 4.71. The predicted molar refractivity (Wildman–Crippen MR) is 70.7 cm³/mol. The lowest BCUT2D eigenvalue weighted by Crippen LogP contribution is -2.21. The fourth-order valence-corrected chi connectivity index (χ4v) is 2.72. The summed E-state index contributed by atoms with van der Waals surface area (Å²) in [6, 6.07) is 0. The van der Waals surface area contributed by atoms with Gasteiger partial charge in [0.15, 0.2) is 0 Å². The van der Waals surface area contributed by atoms with Gasteiger partial charge in [-0.05, 0) is 12.8 Å². The van der Waals surface area contributed by atoms with Gasteiger partial charge in [-0.2, -0.15) is 5.10 Å². The average molecular weight is 296 g/mol. The first kappa shape index (κ1) is 13.3. The van der Waals surface area contributed by atoms with Crippen molar-refractivity contribution in [2.45, 2.75) is 30.2 Å². The van der Waals surface area contributed by atoms with Gasteiger partial charge < -0.3 is 4.42 Å². The second-order valence-corrected chi connectivity index (χ2v) is 7.24. The molecule has 2 aromatic rings. The molecule has 1 fully saturated rings. The first-order valence-electron chi connectivity index (χ1n) is 6.36. The Hall–Kier alpha value is -1.67. The summed E-state index contributed by atoms with van der Waals surface area (Å²) in [7, 11) is -0.470. The summed E-state index contributed by atoms with van der Waals surface area (Å²) in [6.07, 6.45) is 6.87. The van der Waals surface area contributed by atoms with Crippen molar-refractivity contribution >= 4 is 10.0 Å². The Kier molecular flexibility index (Phi) is 3.14. The number of hydrogen-bond acceptors (Lipinski definition) is 5. The van der Waals surface area contributed by atoms with Crippen LogP contribution in [0, 0.1) is 0 Å². The van der Waals surface area contributed by atoms with Crippen molar-refractivity contribution in [2.75, 3.05) is 14.1 Å². The van der Waals surface area contributed by atoms with Gasteiger partial charge in [-0.1, -0.05) is 0 Å². The lowest BCUT2D eigenvalue weighted by Gasteiger charge is -2.08. The van der Waals surface area contributed by atoms with E-state index in [1.807, 2.05) is 0 Å². The molecule has 108 valence electrons. The summed E-state index contributed by atoms with van der Waals surface area (Å²) in [4.78, 5) is 4.36. The molecule has 1 saturated carbocycles. The maximum Gasteiger partial charge on any atom is 0.245 e. The zero-order valence-corrected chi connectivity index (χ0v) is 12.2. The second-order valence-electron chi connectivity index (χ2n) is 5.09. The van der Waals surface area contributed by atoms with E-state index < -0.39 is 10.0 Å². The Morgan fingerprint density at radius 1 is 1.40 bits per heavy atom.